The van der Waals surface area contributed by atoms with Gasteiger partial charge in [-0.05, 0) is 37.0 Å². The van der Waals surface area contributed by atoms with Crippen molar-refractivity contribution in [2.45, 2.75) is 26.7 Å². The molecule has 16 heavy (non-hydrogen) atoms. The highest BCUT2D eigenvalue weighted by Gasteiger charge is 2.01. The molecule has 0 aliphatic carbocycles. The first-order valence-electron chi connectivity index (χ1n) is 5.62. The summed E-state index contributed by atoms with van der Waals surface area (Å²) in [6.07, 6.45) is 2.17. The maximum absolute atomic E-state index is 10.9. The third-order valence-electron chi connectivity index (χ3n) is 2.31. The minimum atomic E-state index is -0.423. The number of carbonyl (C=O) groups excluding carboxylic acids is 1. The average Bonchev–Trinajstić information content (AvgIpc) is 2.24. The zero-order chi connectivity index (χ0) is 12.0. The van der Waals surface area contributed by atoms with Gasteiger partial charge in [-0.15, -0.1) is 0 Å². The van der Waals surface area contributed by atoms with Gasteiger partial charge in [0.25, 0.3) is 0 Å². The average molecular weight is 221 g/mol. The summed E-state index contributed by atoms with van der Waals surface area (Å²) in [5.74, 6) is 0.980. The van der Waals surface area contributed by atoms with E-state index in [1.54, 1.807) is 18.2 Å². The SMILES string of the molecule is CC(C)CCCOc1cccc(C(N)=O)c1. The molecule has 88 valence electrons. The lowest BCUT2D eigenvalue weighted by Crippen LogP contribution is -2.10. The first-order chi connectivity index (χ1) is 7.59. The first-order valence-corrected chi connectivity index (χ1v) is 5.62. The molecule has 0 fully saturated rings. The van der Waals surface area contributed by atoms with Crippen LogP contribution < -0.4 is 10.5 Å². The van der Waals surface area contributed by atoms with Crippen LogP contribution in [0.1, 0.15) is 37.0 Å². The number of amides is 1. The van der Waals surface area contributed by atoms with Crippen LogP contribution in [0.2, 0.25) is 0 Å². The number of benzene rings is 1. The monoisotopic (exact) mass is 221 g/mol. The Labute approximate surface area is 96.6 Å². The summed E-state index contributed by atoms with van der Waals surface area (Å²) in [5.41, 5.74) is 5.67. The van der Waals surface area contributed by atoms with Gasteiger partial charge in [-0.1, -0.05) is 19.9 Å². The predicted molar refractivity (Wildman–Crippen MR) is 64.5 cm³/mol. The van der Waals surface area contributed by atoms with Crippen LogP contribution in [0.25, 0.3) is 0 Å². The number of hydrogen-bond donors (Lipinski definition) is 1. The Morgan fingerprint density at radius 3 is 2.81 bits per heavy atom. The molecule has 1 rings (SSSR count). The molecule has 0 radical (unpaired) electrons. The Bertz CT molecular complexity index is 348. The number of rotatable bonds is 6. The van der Waals surface area contributed by atoms with Gasteiger partial charge in [0.05, 0.1) is 6.61 Å². The van der Waals surface area contributed by atoms with Gasteiger partial charge in [0.2, 0.25) is 5.91 Å². The molecule has 2 N–H and O–H groups in total. The zero-order valence-corrected chi connectivity index (χ0v) is 9.90. The molecular formula is C13H19NO2. The first kappa shape index (κ1) is 12.6. The van der Waals surface area contributed by atoms with Crippen molar-refractivity contribution in [1.82, 2.24) is 0 Å². The largest absolute Gasteiger partial charge is 0.494 e. The van der Waals surface area contributed by atoms with Gasteiger partial charge < -0.3 is 10.5 Å². The molecule has 0 heterocycles. The Balaban J connectivity index is 2.42. The maximum atomic E-state index is 10.9. The second-order valence-electron chi connectivity index (χ2n) is 4.28. The zero-order valence-electron chi connectivity index (χ0n) is 9.90. The third kappa shape index (κ3) is 4.34. The molecule has 3 nitrogen and oxygen atoms in total. The molecule has 0 bridgehead atoms. The molecule has 0 spiro atoms. The quantitative estimate of drug-likeness (QED) is 0.751. The van der Waals surface area contributed by atoms with E-state index < -0.39 is 5.91 Å². The van der Waals surface area contributed by atoms with Crippen LogP contribution in [0.15, 0.2) is 24.3 Å². The molecule has 0 saturated carbocycles. The summed E-state index contributed by atoms with van der Waals surface area (Å²) < 4.78 is 5.54. The minimum absolute atomic E-state index is 0.423. The van der Waals surface area contributed by atoms with Crippen LogP contribution in [0.3, 0.4) is 0 Å². The molecule has 0 aliphatic heterocycles. The van der Waals surface area contributed by atoms with Crippen LogP contribution in [-0.4, -0.2) is 12.5 Å². The van der Waals surface area contributed by atoms with Gasteiger partial charge in [0.15, 0.2) is 0 Å². The van der Waals surface area contributed by atoms with E-state index in [0.717, 1.165) is 12.8 Å². The van der Waals surface area contributed by atoms with E-state index >= 15 is 0 Å². The maximum Gasteiger partial charge on any atom is 0.248 e. The molecule has 0 unspecified atom stereocenters. The van der Waals surface area contributed by atoms with E-state index in [9.17, 15) is 4.79 Å². The summed E-state index contributed by atoms with van der Waals surface area (Å²) in [4.78, 5) is 10.9. The molecular weight excluding hydrogens is 202 g/mol. The highest BCUT2D eigenvalue weighted by Crippen LogP contribution is 2.14. The van der Waals surface area contributed by atoms with Gasteiger partial charge in [0.1, 0.15) is 5.75 Å². The molecule has 0 aliphatic rings. The summed E-state index contributed by atoms with van der Waals surface area (Å²) in [6.45, 7) is 5.06. The fraction of sp³-hybridized carbons (Fsp3) is 0.462. The summed E-state index contributed by atoms with van der Waals surface area (Å²) in [5, 5.41) is 0. The van der Waals surface area contributed by atoms with Crippen LogP contribution in [-0.2, 0) is 0 Å². The normalized spacial score (nSPS) is 10.4. The highest BCUT2D eigenvalue weighted by atomic mass is 16.5. The number of nitrogens with two attached hydrogens (primary N) is 1. The van der Waals surface area contributed by atoms with E-state index in [-0.39, 0.29) is 0 Å². The van der Waals surface area contributed by atoms with Gasteiger partial charge >= 0.3 is 0 Å². The van der Waals surface area contributed by atoms with E-state index in [0.29, 0.717) is 23.8 Å². The van der Waals surface area contributed by atoms with Crippen molar-refractivity contribution >= 4 is 5.91 Å². The summed E-state index contributed by atoms with van der Waals surface area (Å²) >= 11 is 0. The van der Waals surface area contributed by atoms with Crippen molar-refractivity contribution in [2.75, 3.05) is 6.61 Å². The van der Waals surface area contributed by atoms with Crippen LogP contribution in [0.5, 0.6) is 5.75 Å². The molecule has 0 atom stereocenters. The van der Waals surface area contributed by atoms with Crippen molar-refractivity contribution < 1.29 is 9.53 Å². The van der Waals surface area contributed by atoms with Gasteiger partial charge in [-0.25, -0.2) is 0 Å². The fourth-order valence-corrected chi connectivity index (χ4v) is 1.42. The van der Waals surface area contributed by atoms with E-state index in [1.165, 1.54) is 0 Å². The van der Waals surface area contributed by atoms with Crippen molar-refractivity contribution in [1.29, 1.82) is 0 Å². The van der Waals surface area contributed by atoms with Gasteiger partial charge in [0, 0.05) is 5.56 Å². The van der Waals surface area contributed by atoms with E-state index in [4.69, 9.17) is 10.5 Å². The number of ether oxygens (including phenoxy) is 1. The van der Waals surface area contributed by atoms with Gasteiger partial charge in [-0.2, -0.15) is 0 Å². The predicted octanol–water partition coefficient (Wildman–Crippen LogP) is 2.60. The van der Waals surface area contributed by atoms with Crippen molar-refractivity contribution in [2.24, 2.45) is 11.7 Å². The Kier molecular flexibility index (Phi) is 4.83. The lowest BCUT2D eigenvalue weighted by molar-refractivity contribution is 0.1000. The second kappa shape index (κ2) is 6.16. The van der Waals surface area contributed by atoms with Crippen molar-refractivity contribution in [3.8, 4) is 5.75 Å². The molecule has 1 amide bonds. The third-order valence-corrected chi connectivity index (χ3v) is 2.31. The minimum Gasteiger partial charge on any atom is -0.494 e. The number of primary amides is 1. The Morgan fingerprint density at radius 1 is 1.44 bits per heavy atom. The molecule has 0 aromatic heterocycles. The Morgan fingerprint density at radius 2 is 2.19 bits per heavy atom. The van der Waals surface area contributed by atoms with Crippen LogP contribution >= 0.6 is 0 Å². The standard InChI is InChI=1S/C13H19NO2/c1-10(2)5-4-8-16-12-7-3-6-11(9-12)13(14)15/h3,6-7,9-10H,4-5,8H2,1-2H3,(H2,14,15). The lowest BCUT2D eigenvalue weighted by atomic mass is 10.1. The summed E-state index contributed by atoms with van der Waals surface area (Å²) in [7, 11) is 0. The van der Waals surface area contributed by atoms with E-state index in [2.05, 4.69) is 13.8 Å². The molecule has 1 aromatic carbocycles. The number of carbonyl (C=O) groups is 1. The topological polar surface area (TPSA) is 52.3 Å². The molecule has 3 heteroatoms. The fourth-order valence-electron chi connectivity index (χ4n) is 1.42. The van der Waals surface area contributed by atoms with E-state index in [1.807, 2.05) is 6.07 Å². The van der Waals surface area contributed by atoms with Gasteiger partial charge in [-0.3, -0.25) is 4.79 Å². The molecule has 1 aromatic rings. The molecule has 0 saturated heterocycles. The van der Waals surface area contributed by atoms with Crippen LogP contribution in [0.4, 0.5) is 0 Å². The van der Waals surface area contributed by atoms with Crippen molar-refractivity contribution in [3.05, 3.63) is 29.8 Å². The number of hydrogen-bond acceptors (Lipinski definition) is 2. The smallest absolute Gasteiger partial charge is 0.248 e. The Hall–Kier alpha value is -1.51. The van der Waals surface area contributed by atoms with Crippen LogP contribution in [0, 0.1) is 5.92 Å². The second-order valence-corrected chi connectivity index (χ2v) is 4.28. The summed E-state index contributed by atoms with van der Waals surface area (Å²) in [6, 6.07) is 6.97. The van der Waals surface area contributed by atoms with Crippen molar-refractivity contribution in [3.63, 3.8) is 0 Å². The lowest BCUT2D eigenvalue weighted by Gasteiger charge is -2.08. The highest BCUT2D eigenvalue weighted by molar-refractivity contribution is 5.93.